The number of aliphatic hydroxyl groups is 1. The van der Waals surface area contributed by atoms with Crippen LogP contribution in [0.15, 0.2) is 35.8 Å². The van der Waals surface area contributed by atoms with Gasteiger partial charge in [0.1, 0.15) is 30.1 Å². The number of halogens is 1. The van der Waals surface area contributed by atoms with Gasteiger partial charge in [0, 0.05) is 36.3 Å². The minimum atomic E-state index is -0.803. The van der Waals surface area contributed by atoms with Crippen molar-refractivity contribution >= 4 is 69.7 Å². The van der Waals surface area contributed by atoms with E-state index < -0.39 is 22.7 Å². The highest BCUT2D eigenvalue weighted by atomic mass is 35.5. The van der Waals surface area contributed by atoms with Crippen LogP contribution in [-0.4, -0.2) is 102 Å². The number of thioether (sulfide) groups is 2. The summed E-state index contributed by atoms with van der Waals surface area (Å²) >= 11 is 8.35. The number of carbonyl (C=O) groups excluding carboxylic acids is 4. The molecular formula is C42H55ClN2O10S2. The predicted octanol–water partition coefficient (Wildman–Crippen LogP) is 7.80. The van der Waals surface area contributed by atoms with Crippen molar-refractivity contribution in [2.75, 3.05) is 62.7 Å². The van der Waals surface area contributed by atoms with Crippen molar-refractivity contribution in [2.45, 2.75) is 79.3 Å². The SMILES string of the molecule is CCOCCOC(=O)Cl.CCOCCOC(=O)OC1=C(c2c(C)cc(C)cc2C)C(=O)NC12CCSC2.Cc1cc(C)c(C2=C(O)C3(CCSC3)NC2=O)c(C)c1. The Morgan fingerprint density at radius 3 is 1.60 bits per heavy atom. The predicted molar refractivity (Wildman–Crippen MR) is 226 cm³/mol. The van der Waals surface area contributed by atoms with Gasteiger partial charge in [-0.3, -0.25) is 9.59 Å². The number of rotatable bonds is 11. The summed E-state index contributed by atoms with van der Waals surface area (Å²) in [6.07, 6.45) is 0.726. The van der Waals surface area contributed by atoms with Crippen LogP contribution < -0.4 is 10.6 Å². The molecule has 4 heterocycles. The Morgan fingerprint density at radius 2 is 1.14 bits per heavy atom. The zero-order chi connectivity index (χ0) is 41.9. The largest absolute Gasteiger partial charge is 0.513 e. The number of aryl methyl sites for hydroxylation is 6. The van der Waals surface area contributed by atoms with Gasteiger partial charge in [-0.05, 0) is 113 Å². The molecule has 0 radical (unpaired) electrons. The second-order valence-electron chi connectivity index (χ2n) is 14.3. The molecule has 2 fully saturated rings. The first-order valence-electron chi connectivity index (χ1n) is 19.1. The van der Waals surface area contributed by atoms with E-state index in [-0.39, 0.29) is 30.8 Å². The van der Waals surface area contributed by atoms with E-state index in [9.17, 15) is 24.3 Å². The van der Waals surface area contributed by atoms with Crippen LogP contribution in [0.25, 0.3) is 11.1 Å². The van der Waals surface area contributed by atoms with E-state index in [0.29, 0.717) is 49.1 Å². The van der Waals surface area contributed by atoms with Crippen LogP contribution in [0.2, 0.25) is 0 Å². The number of hydrogen-bond acceptors (Lipinski definition) is 12. The quantitative estimate of drug-likeness (QED) is 0.115. The van der Waals surface area contributed by atoms with Crippen molar-refractivity contribution < 1.29 is 48.0 Å². The van der Waals surface area contributed by atoms with Crippen molar-refractivity contribution in [1.29, 1.82) is 0 Å². The second kappa shape index (κ2) is 20.8. The Labute approximate surface area is 349 Å². The molecule has 0 aliphatic carbocycles. The normalized spacial score (nSPS) is 20.9. The number of nitrogens with one attached hydrogen (secondary N) is 2. The van der Waals surface area contributed by atoms with E-state index >= 15 is 0 Å². The monoisotopic (exact) mass is 846 g/mol. The first-order valence-corrected chi connectivity index (χ1v) is 21.8. The molecule has 2 saturated heterocycles. The molecule has 3 N–H and O–H groups in total. The minimum Gasteiger partial charge on any atom is -0.509 e. The molecule has 57 heavy (non-hydrogen) atoms. The Morgan fingerprint density at radius 1 is 0.702 bits per heavy atom. The molecule has 2 aromatic carbocycles. The zero-order valence-electron chi connectivity index (χ0n) is 34.1. The lowest BCUT2D eigenvalue weighted by atomic mass is 9.90. The molecule has 6 rings (SSSR count). The molecule has 2 spiro atoms. The van der Waals surface area contributed by atoms with Crippen molar-refractivity contribution in [2.24, 2.45) is 0 Å². The fourth-order valence-electron chi connectivity index (χ4n) is 7.58. The van der Waals surface area contributed by atoms with Crippen LogP contribution in [0, 0.1) is 41.5 Å². The second-order valence-corrected chi connectivity index (χ2v) is 16.9. The Bertz CT molecular complexity index is 1840. The lowest BCUT2D eigenvalue weighted by Crippen LogP contribution is -2.45. The molecule has 4 aliphatic heterocycles. The van der Waals surface area contributed by atoms with E-state index in [1.165, 1.54) is 5.56 Å². The molecule has 0 bridgehead atoms. The highest BCUT2D eigenvalue weighted by Gasteiger charge is 2.51. The van der Waals surface area contributed by atoms with Gasteiger partial charge in [0.2, 0.25) is 0 Å². The first-order chi connectivity index (χ1) is 27.1. The van der Waals surface area contributed by atoms with Crippen LogP contribution in [0.3, 0.4) is 0 Å². The van der Waals surface area contributed by atoms with Crippen LogP contribution in [-0.2, 0) is 33.3 Å². The van der Waals surface area contributed by atoms with Crippen LogP contribution in [0.5, 0.6) is 0 Å². The van der Waals surface area contributed by atoms with Crippen molar-refractivity contribution in [1.82, 2.24) is 10.6 Å². The number of hydrogen-bond donors (Lipinski definition) is 3. The summed E-state index contributed by atoms with van der Waals surface area (Å²) in [7, 11) is 0. The number of benzene rings is 2. The Kier molecular flexibility index (Phi) is 16.8. The van der Waals surface area contributed by atoms with E-state index in [4.69, 9.17) is 30.5 Å². The van der Waals surface area contributed by atoms with Gasteiger partial charge in [-0.25, -0.2) is 9.59 Å². The maximum Gasteiger partial charge on any atom is 0.513 e. The van der Waals surface area contributed by atoms with Gasteiger partial charge >= 0.3 is 11.6 Å². The molecule has 2 amide bonds. The van der Waals surface area contributed by atoms with Gasteiger partial charge in [0.15, 0.2) is 5.76 Å². The smallest absolute Gasteiger partial charge is 0.509 e. The summed E-state index contributed by atoms with van der Waals surface area (Å²) in [4.78, 5) is 47.6. The topological polar surface area (TPSA) is 159 Å². The molecule has 0 saturated carbocycles. The Hall–Kier alpha value is -3.69. The van der Waals surface area contributed by atoms with E-state index in [1.807, 2.05) is 67.5 Å². The average molecular weight is 847 g/mol. The van der Waals surface area contributed by atoms with Crippen LogP contribution >= 0.6 is 35.1 Å². The van der Waals surface area contributed by atoms with Gasteiger partial charge in [0.25, 0.3) is 11.8 Å². The van der Waals surface area contributed by atoms with Gasteiger partial charge in [0.05, 0.1) is 24.4 Å². The van der Waals surface area contributed by atoms with Crippen LogP contribution in [0.4, 0.5) is 9.59 Å². The third-order valence-electron chi connectivity index (χ3n) is 9.89. The molecule has 2 unspecified atom stereocenters. The van der Waals surface area contributed by atoms with Crippen molar-refractivity contribution in [3.63, 3.8) is 0 Å². The third kappa shape index (κ3) is 11.3. The molecule has 312 valence electrons. The lowest BCUT2D eigenvalue weighted by Gasteiger charge is -2.25. The Balaban J connectivity index is 0.000000215. The minimum absolute atomic E-state index is 0.112. The summed E-state index contributed by atoms with van der Waals surface area (Å²) in [5, 5.41) is 16.8. The highest BCUT2D eigenvalue weighted by molar-refractivity contribution is 7.99. The summed E-state index contributed by atoms with van der Waals surface area (Å²) < 4.78 is 25.2. The number of amides is 2. The van der Waals surface area contributed by atoms with E-state index in [1.54, 1.807) is 23.5 Å². The van der Waals surface area contributed by atoms with Gasteiger partial charge in [-0.15, -0.1) is 0 Å². The van der Waals surface area contributed by atoms with Crippen molar-refractivity contribution in [3.8, 4) is 0 Å². The zero-order valence-corrected chi connectivity index (χ0v) is 36.5. The summed E-state index contributed by atoms with van der Waals surface area (Å²) in [6, 6.07) is 8.19. The van der Waals surface area contributed by atoms with Gasteiger partial charge < -0.3 is 39.4 Å². The van der Waals surface area contributed by atoms with Gasteiger partial charge in [-0.2, -0.15) is 23.5 Å². The molecule has 2 atom stereocenters. The maximum atomic E-state index is 13.0. The summed E-state index contributed by atoms with van der Waals surface area (Å²) in [5.41, 5.74) is 7.02. The standard InChI is InChI=1S/C21H27NO5S.C16H19NO2S.C5H9ClO3/c1-5-25-7-8-26-20(24)27-18-17(16-14(3)10-13(2)11-15(16)4)19(23)22-21(18)6-9-28-12-21;1-9-6-10(2)12(11(3)7-9)13-14(18)16(17-15(13)19)4-5-20-8-16;1-2-8-3-4-9-5(6)7/h10-11H,5-9,12H2,1-4H3,(H,22,23);6-7,18H,4-5,8H2,1-3H3,(H,17,19);2-4H2,1H3. The number of carbonyl (C=O) groups is 4. The van der Waals surface area contributed by atoms with Crippen LogP contribution in [0.1, 0.15) is 71.2 Å². The fraction of sp³-hybridized carbons (Fsp3) is 0.524. The summed E-state index contributed by atoms with van der Waals surface area (Å²) in [5.74, 6) is 3.59. The number of aliphatic hydroxyl groups excluding tert-OH is 1. The fourth-order valence-corrected chi connectivity index (χ4v) is 10.3. The molecule has 2 aromatic rings. The van der Waals surface area contributed by atoms with E-state index in [0.717, 1.165) is 69.0 Å². The summed E-state index contributed by atoms with van der Waals surface area (Å²) in [6.45, 7) is 18.0. The first kappa shape index (κ1) is 46.0. The van der Waals surface area contributed by atoms with Gasteiger partial charge in [-0.1, -0.05) is 35.4 Å². The molecule has 4 aliphatic rings. The average Bonchev–Trinajstić information content (AvgIpc) is 3.91. The van der Waals surface area contributed by atoms with E-state index in [2.05, 4.69) is 27.5 Å². The number of ether oxygens (including phenoxy) is 5. The lowest BCUT2D eigenvalue weighted by molar-refractivity contribution is -0.116. The highest BCUT2D eigenvalue weighted by Crippen LogP contribution is 2.45. The molecule has 15 heteroatoms. The molecular weight excluding hydrogens is 792 g/mol. The third-order valence-corrected chi connectivity index (χ3v) is 12.4. The van der Waals surface area contributed by atoms with Crippen molar-refractivity contribution in [3.05, 3.63) is 80.3 Å². The maximum absolute atomic E-state index is 13.0. The molecule has 0 aromatic heterocycles. The molecule has 12 nitrogen and oxygen atoms in total.